The average molecular weight is 493 g/mol. The fourth-order valence-electron chi connectivity index (χ4n) is 4.08. The highest BCUT2D eigenvalue weighted by Gasteiger charge is 2.44. The Hall–Kier alpha value is -2.08. The minimum atomic E-state index is -4.77. The third-order valence-corrected chi connectivity index (χ3v) is 7.07. The standard InChI is InChI=1S/C20H24ClF3N4O3S/c1-12-9-20(31-4,10-27(2)3)11-28(12)14-8-13(22)19(18(24)17(14)21)32(29,30)26-16-7-5-6-15(23)25-16/h5-8,12H,9-11H2,1-4H3,(H,25,26)/t12-,20+/m0/s1. The van der Waals surface area contributed by atoms with Crippen LogP contribution in [0, 0.1) is 17.6 Å². The molecule has 0 radical (unpaired) electrons. The molecule has 1 fully saturated rings. The zero-order valence-electron chi connectivity index (χ0n) is 18.0. The number of halogens is 4. The average Bonchev–Trinajstić information content (AvgIpc) is 3.00. The van der Waals surface area contributed by atoms with Crippen LogP contribution in [0.2, 0.25) is 5.02 Å². The Morgan fingerprint density at radius 1 is 1.34 bits per heavy atom. The van der Waals surface area contributed by atoms with E-state index in [4.69, 9.17) is 16.3 Å². The van der Waals surface area contributed by atoms with Gasteiger partial charge in [0.2, 0.25) is 5.95 Å². The summed E-state index contributed by atoms with van der Waals surface area (Å²) < 4.78 is 76.2. The highest BCUT2D eigenvalue weighted by molar-refractivity contribution is 7.92. The molecule has 12 heteroatoms. The smallest absolute Gasteiger partial charge is 0.268 e. The van der Waals surface area contributed by atoms with Gasteiger partial charge in [0.1, 0.15) is 16.7 Å². The van der Waals surface area contributed by atoms with Gasteiger partial charge in [-0.1, -0.05) is 17.7 Å². The van der Waals surface area contributed by atoms with Crippen LogP contribution in [0.5, 0.6) is 0 Å². The molecule has 2 atom stereocenters. The Balaban J connectivity index is 1.99. The zero-order chi connectivity index (χ0) is 23.8. The van der Waals surface area contributed by atoms with Crippen LogP contribution in [0.15, 0.2) is 29.2 Å². The molecular weight excluding hydrogens is 469 g/mol. The van der Waals surface area contributed by atoms with E-state index in [1.807, 2.05) is 30.6 Å². The van der Waals surface area contributed by atoms with Crippen LogP contribution >= 0.6 is 11.6 Å². The Labute approximate surface area is 190 Å². The normalized spacial score (nSPS) is 21.4. The summed E-state index contributed by atoms with van der Waals surface area (Å²) in [5.41, 5.74) is -0.566. The molecule has 1 aliphatic heterocycles. The van der Waals surface area contributed by atoms with Gasteiger partial charge in [0, 0.05) is 32.3 Å². The predicted octanol–water partition coefficient (Wildman–Crippen LogP) is 3.50. The molecule has 0 bridgehead atoms. The quantitative estimate of drug-likeness (QED) is 0.471. The lowest BCUT2D eigenvalue weighted by atomic mass is 10.00. The Bertz CT molecular complexity index is 1120. The van der Waals surface area contributed by atoms with E-state index in [9.17, 15) is 17.2 Å². The van der Waals surface area contributed by atoms with E-state index in [1.165, 1.54) is 6.07 Å². The van der Waals surface area contributed by atoms with Crippen molar-refractivity contribution in [3.05, 3.63) is 46.9 Å². The molecule has 176 valence electrons. The maximum atomic E-state index is 15.1. The van der Waals surface area contributed by atoms with E-state index in [0.717, 1.165) is 18.2 Å². The van der Waals surface area contributed by atoms with Gasteiger partial charge in [-0.2, -0.15) is 4.39 Å². The number of rotatable bonds is 7. The van der Waals surface area contributed by atoms with E-state index in [-0.39, 0.29) is 11.7 Å². The van der Waals surface area contributed by atoms with E-state index in [0.29, 0.717) is 19.5 Å². The number of nitrogens with zero attached hydrogens (tertiary/aromatic N) is 3. The molecule has 32 heavy (non-hydrogen) atoms. The van der Waals surface area contributed by atoms with E-state index >= 15 is 4.39 Å². The highest BCUT2D eigenvalue weighted by Crippen LogP contribution is 2.41. The monoisotopic (exact) mass is 492 g/mol. The number of likely N-dealkylation sites (N-methyl/N-ethyl adjacent to an activating group) is 1. The maximum Gasteiger partial charge on any atom is 0.268 e. The Morgan fingerprint density at radius 2 is 2.03 bits per heavy atom. The number of hydrogen-bond acceptors (Lipinski definition) is 6. The number of benzene rings is 1. The summed E-state index contributed by atoms with van der Waals surface area (Å²) in [7, 11) is 0.578. The van der Waals surface area contributed by atoms with Crippen LogP contribution in [0.4, 0.5) is 24.7 Å². The minimum absolute atomic E-state index is 0.0229. The molecule has 0 spiro atoms. The molecule has 1 aromatic carbocycles. The van der Waals surface area contributed by atoms with Crippen LogP contribution in [0.25, 0.3) is 0 Å². The summed E-state index contributed by atoms with van der Waals surface area (Å²) in [4.78, 5) is 5.72. The fraction of sp³-hybridized carbons (Fsp3) is 0.450. The first-order chi connectivity index (χ1) is 14.9. The van der Waals surface area contributed by atoms with Crippen molar-refractivity contribution in [2.24, 2.45) is 0 Å². The molecule has 0 saturated carbocycles. The van der Waals surface area contributed by atoms with E-state index < -0.39 is 48.9 Å². The van der Waals surface area contributed by atoms with Crippen molar-refractivity contribution in [2.45, 2.75) is 29.9 Å². The first-order valence-electron chi connectivity index (χ1n) is 9.68. The second kappa shape index (κ2) is 9.05. The SMILES string of the molecule is CO[C@@]1(CN(C)C)C[C@H](C)N(c2cc(F)c(S(=O)(=O)Nc3cccc(F)n3)c(F)c2Cl)C1. The molecule has 0 aliphatic carbocycles. The number of sulfonamides is 1. The minimum Gasteiger partial charge on any atom is -0.375 e. The Morgan fingerprint density at radius 3 is 2.62 bits per heavy atom. The lowest BCUT2D eigenvalue weighted by molar-refractivity contribution is -0.0120. The fourth-order valence-corrected chi connectivity index (χ4v) is 5.54. The second-order valence-corrected chi connectivity index (χ2v) is 10.1. The summed E-state index contributed by atoms with van der Waals surface area (Å²) in [6.45, 7) is 2.74. The summed E-state index contributed by atoms with van der Waals surface area (Å²) in [6, 6.07) is 4.05. The molecule has 3 rings (SSSR count). The van der Waals surface area contributed by atoms with Gasteiger partial charge in [-0.25, -0.2) is 22.2 Å². The van der Waals surface area contributed by atoms with E-state index in [1.54, 1.807) is 12.0 Å². The number of pyridine rings is 1. The third-order valence-electron chi connectivity index (χ3n) is 5.32. The largest absolute Gasteiger partial charge is 0.375 e. The molecule has 0 amide bonds. The second-order valence-electron chi connectivity index (χ2n) is 8.09. The van der Waals surface area contributed by atoms with Gasteiger partial charge in [-0.3, -0.25) is 4.72 Å². The molecule has 1 N–H and O–H groups in total. The van der Waals surface area contributed by atoms with Crippen molar-refractivity contribution in [3.63, 3.8) is 0 Å². The van der Waals surface area contributed by atoms with Gasteiger partial charge in [0.25, 0.3) is 10.0 Å². The highest BCUT2D eigenvalue weighted by atomic mass is 35.5. The van der Waals surface area contributed by atoms with Crippen molar-refractivity contribution in [1.82, 2.24) is 9.88 Å². The predicted molar refractivity (Wildman–Crippen MR) is 116 cm³/mol. The van der Waals surface area contributed by atoms with Crippen LogP contribution < -0.4 is 9.62 Å². The van der Waals surface area contributed by atoms with Crippen molar-refractivity contribution in [1.29, 1.82) is 0 Å². The van der Waals surface area contributed by atoms with Crippen LogP contribution in [-0.2, 0) is 14.8 Å². The summed E-state index contributed by atoms with van der Waals surface area (Å²) in [5, 5.41) is -0.539. The number of nitrogens with one attached hydrogen (secondary N) is 1. The van der Waals surface area contributed by atoms with Crippen LogP contribution in [0.1, 0.15) is 13.3 Å². The summed E-state index contributed by atoms with van der Waals surface area (Å²) >= 11 is 6.19. The summed E-state index contributed by atoms with van der Waals surface area (Å²) in [5.74, 6) is -4.16. The van der Waals surface area contributed by atoms with Crippen molar-refractivity contribution < 1.29 is 26.3 Å². The zero-order valence-corrected chi connectivity index (χ0v) is 19.6. The molecule has 2 heterocycles. The first kappa shape index (κ1) is 24.6. The van der Waals surface area contributed by atoms with Crippen molar-refractivity contribution in [3.8, 4) is 0 Å². The van der Waals surface area contributed by atoms with Gasteiger partial charge in [0.15, 0.2) is 10.7 Å². The first-order valence-corrected chi connectivity index (χ1v) is 11.5. The molecule has 0 unspecified atom stereocenters. The van der Waals surface area contributed by atoms with Gasteiger partial charge in [-0.15, -0.1) is 0 Å². The van der Waals surface area contributed by atoms with Crippen molar-refractivity contribution in [2.75, 3.05) is 43.9 Å². The number of aromatic nitrogens is 1. The number of methoxy groups -OCH3 is 1. The molecule has 2 aromatic rings. The van der Waals surface area contributed by atoms with E-state index in [2.05, 4.69) is 4.98 Å². The van der Waals surface area contributed by atoms with Crippen LogP contribution in [0.3, 0.4) is 0 Å². The van der Waals surface area contributed by atoms with Gasteiger partial charge in [-0.05, 0) is 39.6 Å². The lowest BCUT2D eigenvalue weighted by Crippen LogP contribution is -2.44. The number of ether oxygens (including phenoxy) is 1. The topological polar surface area (TPSA) is 74.8 Å². The molecule has 1 aromatic heterocycles. The number of hydrogen-bond donors (Lipinski definition) is 1. The molecule has 1 aliphatic rings. The van der Waals surface area contributed by atoms with Gasteiger partial charge >= 0.3 is 0 Å². The maximum absolute atomic E-state index is 15.1. The van der Waals surface area contributed by atoms with Gasteiger partial charge in [0.05, 0.1) is 11.3 Å². The third kappa shape index (κ3) is 4.80. The van der Waals surface area contributed by atoms with Crippen molar-refractivity contribution >= 4 is 33.1 Å². The van der Waals surface area contributed by atoms with Crippen LogP contribution in [-0.4, -0.2) is 64.2 Å². The summed E-state index contributed by atoms with van der Waals surface area (Å²) in [6.07, 6.45) is 0.577. The van der Waals surface area contributed by atoms with Gasteiger partial charge < -0.3 is 14.5 Å². The molecule has 7 nitrogen and oxygen atoms in total. The molecular formula is C20H24ClF3N4O3S. The molecule has 1 saturated heterocycles. The number of anilines is 2. The lowest BCUT2D eigenvalue weighted by Gasteiger charge is -2.31. The Kier molecular flexibility index (Phi) is 6.94.